The van der Waals surface area contributed by atoms with Crippen LogP contribution in [0.4, 0.5) is 0 Å². The van der Waals surface area contributed by atoms with Crippen molar-refractivity contribution >= 4 is 11.9 Å². The van der Waals surface area contributed by atoms with E-state index in [1.165, 1.54) is 0 Å². The van der Waals surface area contributed by atoms with Crippen LogP contribution in [-0.2, 0) is 9.59 Å². The van der Waals surface area contributed by atoms with Gasteiger partial charge >= 0.3 is 11.9 Å². The second kappa shape index (κ2) is 10.6. The van der Waals surface area contributed by atoms with Crippen LogP contribution in [-0.4, -0.2) is 35.2 Å². The lowest BCUT2D eigenvalue weighted by atomic mass is 9.56. The Kier molecular flexibility index (Phi) is 9.45. The molecule has 1 rings (SSSR count). The maximum Gasteiger partial charge on any atom is 0.306 e. The second-order valence-corrected chi connectivity index (χ2v) is 10.8. The minimum Gasteiger partial charge on any atom is -0.481 e. The van der Waals surface area contributed by atoms with Crippen molar-refractivity contribution in [2.24, 2.45) is 34.5 Å². The van der Waals surface area contributed by atoms with Crippen molar-refractivity contribution in [3.05, 3.63) is 0 Å². The number of rotatable bonds is 10. The molecule has 0 bridgehead atoms. The number of aliphatic carboxylic acids is 2. The van der Waals surface area contributed by atoms with Gasteiger partial charge in [0.2, 0.25) is 0 Å². The van der Waals surface area contributed by atoms with Crippen LogP contribution in [0.25, 0.3) is 0 Å². The lowest BCUT2D eigenvalue weighted by Crippen LogP contribution is -2.55. The van der Waals surface area contributed by atoms with Gasteiger partial charge in [-0.3, -0.25) is 9.59 Å². The molecular weight excluding hydrogens is 354 g/mol. The summed E-state index contributed by atoms with van der Waals surface area (Å²) in [6.45, 7) is 15.2. The molecule has 1 aliphatic rings. The topological polar surface area (TPSA) is 86.6 Å². The smallest absolute Gasteiger partial charge is 0.306 e. The summed E-state index contributed by atoms with van der Waals surface area (Å²) in [5, 5.41) is 22.4. The van der Waals surface area contributed by atoms with E-state index in [4.69, 9.17) is 5.11 Å². The first-order valence-corrected chi connectivity index (χ1v) is 11.0. The SMILES string of the molecule is CC(C)(C)C1CNCC(C(C)(C)C)C1C(CCCCCCCC(=O)O)C(=O)O. The fourth-order valence-corrected chi connectivity index (χ4v) is 4.93. The standard InChI is InChI=1S/C23H43NO4/c1-22(2,3)17-14-24-15-18(23(4,5)6)20(17)16(21(27)28)12-10-8-7-9-11-13-19(25)26/h16-18,20,24H,7-15H2,1-6H3,(H,25,26)(H,27,28). The summed E-state index contributed by atoms with van der Waals surface area (Å²) in [5.41, 5.74) is 0.123. The predicted molar refractivity (Wildman–Crippen MR) is 113 cm³/mol. The van der Waals surface area contributed by atoms with Crippen molar-refractivity contribution in [1.82, 2.24) is 5.32 Å². The lowest BCUT2D eigenvalue weighted by molar-refractivity contribution is -0.149. The molecule has 0 aliphatic carbocycles. The maximum atomic E-state index is 12.3. The first-order valence-electron chi connectivity index (χ1n) is 11.0. The molecule has 5 heteroatoms. The zero-order valence-electron chi connectivity index (χ0n) is 18.9. The molecule has 164 valence electrons. The van der Waals surface area contributed by atoms with E-state index in [1.54, 1.807) is 0 Å². The van der Waals surface area contributed by atoms with E-state index >= 15 is 0 Å². The molecule has 0 spiro atoms. The van der Waals surface area contributed by atoms with Gasteiger partial charge in [0.25, 0.3) is 0 Å². The van der Waals surface area contributed by atoms with Crippen molar-refractivity contribution in [2.45, 2.75) is 86.5 Å². The molecule has 0 aromatic heterocycles. The molecule has 1 heterocycles. The third kappa shape index (κ3) is 7.73. The fourth-order valence-electron chi connectivity index (χ4n) is 4.93. The molecule has 3 N–H and O–H groups in total. The molecule has 1 aliphatic heterocycles. The van der Waals surface area contributed by atoms with Gasteiger partial charge in [-0.2, -0.15) is 0 Å². The van der Waals surface area contributed by atoms with Gasteiger partial charge in [0.1, 0.15) is 0 Å². The Morgan fingerprint density at radius 1 is 0.857 bits per heavy atom. The maximum absolute atomic E-state index is 12.3. The third-order valence-corrected chi connectivity index (χ3v) is 6.57. The lowest BCUT2D eigenvalue weighted by Gasteiger charge is -2.51. The summed E-state index contributed by atoms with van der Waals surface area (Å²) in [6.07, 6.45) is 5.44. The van der Waals surface area contributed by atoms with Crippen LogP contribution in [0.3, 0.4) is 0 Å². The van der Waals surface area contributed by atoms with Gasteiger partial charge in [-0.15, -0.1) is 0 Å². The van der Waals surface area contributed by atoms with Crippen molar-refractivity contribution in [2.75, 3.05) is 13.1 Å². The number of carboxylic acids is 2. The summed E-state index contributed by atoms with van der Waals surface area (Å²) < 4.78 is 0. The highest BCUT2D eigenvalue weighted by atomic mass is 16.4. The van der Waals surface area contributed by atoms with Crippen LogP contribution in [0.2, 0.25) is 0 Å². The van der Waals surface area contributed by atoms with Crippen LogP contribution in [0.1, 0.15) is 86.5 Å². The Morgan fingerprint density at radius 2 is 1.32 bits per heavy atom. The van der Waals surface area contributed by atoms with Crippen LogP contribution >= 0.6 is 0 Å². The first-order chi connectivity index (χ1) is 12.9. The average Bonchev–Trinajstić information content (AvgIpc) is 2.54. The molecule has 1 saturated heterocycles. The molecule has 0 radical (unpaired) electrons. The normalized spacial score (nSPS) is 24.7. The van der Waals surface area contributed by atoms with Crippen molar-refractivity contribution in [3.63, 3.8) is 0 Å². The summed E-state index contributed by atoms with van der Waals surface area (Å²) in [5.74, 6) is -0.857. The van der Waals surface area contributed by atoms with E-state index in [9.17, 15) is 14.7 Å². The summed E-state index contributed by atoms with van der Waals surface area (Å²) >= 11 is 0. The molecule has 0 amide bonds. The first kappa shape index (κ1) is 24.9. The van der Waals surface area contributed by atoms with E-state index in [0.29, 0.717) is 18.3 Å². The molecule has 0 aromatic carbocycles. The molecule has 5 nitrogen and oxygen atoms in total. The number of unbranched alkanes of at least 4 members (excludes halogenated alkanes) is 4. The van der Waals surface area contributed by atoms with Gasteiger partial charge in [0.05, 0.1) is 5.92 Å². The molecule has 28 heavy (non-hydrogen) atoms. The van der Waals surface area contributed by atoms with Crippen molar-refractivity contribution in [1.29, 1.82) is 0 Å². The van der Waals surface area contributed by atoms with E-state index in [-0.39, 0.29) is 29.1 Å². The van der Waals surface area contributed by atoms with E-state index in [0.717, 1.165) is 45.2 Å². The van der Waals surface area contributed by atoms with Crippen molar-refractivity contribution < 1.29 is 19.8 Å². The molecule has 3 atom stereocenters. The van der Waals surface area contributed by atoms with Crippen LogP contribution in [0.15, 0.2) is 0 Å². The van der Waals surface area contributed by atoms with E-state index in [1.807, 2.05) is 0 Å². The monoisotopic (exact) mass is 397 g/mol. The predicted octanol–water partition coefficient (Wildman–Crippen LogP) is 5.05. The highest BCUT2D eigenvalue weighted by molar-refractivity contribution is 5.70. The minimum absolute atomic E-state index is 0.0616. The van der Waals surface area contributed by atoms with Gasteiger partial charge in [-0.05, 0) is 54.5 Å². The number of hydrogen-bond acceptors (Lipinski definition) is 3. The summed E-state index contributed by atoms with van der Waals surface area (Å²) in [7, 11) is 0. The number of hydrogen-bond donors (Lipinski definition) is 3. The number of nitrogens with one attached hydrogen (secondary N) is 1. The molecule has 0 saturated carbocycles. The summed E-state index contributed by atoms with van der Waals surface area (Å²) in [4.78, 5) is 22.9. The second-order valence-electron chi connectivity index (χ2n) is 10.8. The average molecular weight is 398 g/mol. The Labute approximate surface area is 171 Å². The van der Waals surface area contributed by atoms with E-state index < -0.39 is 11.9 Å². The Balaban J connectivity index is 2.81. The van der Waals surface area contributed by atoms with Gasteiger partial charge in [-0.25, -0.2) is 0 Å². The minimum atomic E-state index is -0.738. The van der Waals surface area contributed by atoms with Gasteiger partial charge in [-0.1, -0.05) is 67.2 Å². The third-order valence-electron chi connectivity index (χ3n) is 6.57. The van der Waals surface area contributed by atoms with Gasteiger partial charge < -0.3 is 15.5 Å². The molecule has 0 aromatic rings. The largest absolute Gasteiger partial charge is 0.481 e. The van der Waals surface area contributed by atoms with Crippen LogP contribution in [0.5, 0.6) is 0 Å². The number of piperidine rings is 1. The Bertz CT molecular complexity index is 482. The number of carboxylic acid groups (broad SMARTS) is 2. The van der Waals surface area contributed by atoms with E-state index in [2.05, 4.69) is 46.9 Å². The van der Waals surface area contributed by atoms with Gasteiger partial charge in [0, 0.05) is 6.42 Å². The fraction of sp³-hybridized carbons (Fsp3) is 0.913. The Morgan fingerprint density at radius 3 is 1.75 bits per heavy atom. The molecular formula is C23H43NO4. The highest BCUT2D eigenvalue weighted by Crippen LogP contribution is 2.48. The van der Waals surface area contributed by atoms with Gasteiger partial charge in [0.15, 0.2) is 0 Å². The molecule has 3 unspecified atom stereocenters. The zero-order valence-corrected chi connectivity index (χ0v) is 18.9. The summed E-state index contributed by atoms with van der Waals surface area (Å²) in [6, 6.07) is 0. The van der Waals surface area contributed by atoms with Crippen LogP contribution in [0, 0.1) is 34.5 Å². The molecule has 1 fully saturated rings. The quantitative estimate of drug-likeness (QED) is 0.449. The van der Waals surface area contributed by atoms with Crippen LogP contribution < -0.4 is 5.32 Å². The zero-order chi connectivity index (χ0) is 21.5. The van der Waals surface area contributed by atoms with Crippen molar-refractivity contribution in [3.8, 4) is 0 Å². The Hall–Kier alpha value is -1.10. The highest BCUT2D eigenvalue weighted by Gasteiger charge is 2.48. The number of carbonyl (C=O) groups is 2.